The van der Waals surface area contributed by atoms with Gasteiger partial charge in [-0.05, 0) is 18.6 Å². The summed E-state index contributed by atoms with van der Waals surface area (Å²) >= 11 is 0. The molecule has 2 N–H and O–H groups in total. The molecule has 2 atom stereocenters. The van der Waals surface area contributed by atoms with E-state index >= 15 is 0 Å². The van der Waals surface area contributed by atoms with E-state index in [-0.39, 0.29) is 11.8 Å². The number of para-hydroxylation sites is 1. The number of H-pyrrole nitrogens is 1. The molecule has 2 aromatic heterocycles. The first-order chi connectivity index (χ1) is 12.1. The number of rotatable bonds is 4. The number of carbonyl (C=O) groups excluding carboxylic acids is 1. The van der Waals surface area contributed by atoms with E-state index in [1.165, 1.54) is 0 Å². The normalized spacial score (nSPS) is 20.5. The van der Waals surface area contributed by atoms with E-state index in [0.29, 0.717) is 25.9 Å². The lowest BCUT2D eigenvalue weighted by molar-refractivity contribution is -0.129. The third-order valence-electron chi connectivity index (χ3n) is 4.92. The van der Waals surface area contributed by atoms with Gasteiger partial charge in [0.15, 0.2) is 0 Å². The number of benzene rings is 1. The van der Waals surface area contributed by atoms with E-state index in [2.05, 4.69) is 10.1 Å². The van der Waals surface area contributed by atoms with Gasteiger partial charge in [0.1, 0.15) is 5.76 Å². The maximum Gasteiger partial charge on any atom is 0.227 e. The van der Waals surface area contributed by atoms with Crippen LogP contribution in [0.1, 0.15) is 17.0 Å². The smallest absolute Gasteiger partial charge is 0.227 e. The van der Waals surface area contributed by atoms with Gasteiger partial charge in [-0.3, -0.25) is 4.79 Å². The molecule has 1 fully saturated rings. The topological polar surface area (TPSA) is 82.4 Å². The SMILES string of the molecule is Cc1cc(C[C@@H]2CN(C(=O)Cc3c[nH]c4ccccc34)C[C@@H]2O)on1. The molecule has 1 saturated heterocycles. The highest BCUT2D eigenvalue weighted by atomic mass is 16.5. The zero-order valence-electron chi connectivity index (χ0n) is 14.1. The number of aromatic nitrogens is 2. The maximum atomic E-state index is 12.7. The van der Waals surface area contributed by atoms with E-state index in [4.69, 9.17) is 4.52 Å². The molecule has 130 valence electrons. The fraction of sp³-hybridized carbons (Fsp3) is 0.368. The highest BCUT2D eigenvalue weighted by Gasteiger charge is 2.34. The average Bonchev–Trinajstić information content (AvgIpc) is 3.29. The zero-order valence-corrected chi connectivity index (χ0v) is 14.1. The standard InChI is InChI=1S/C19H21N3O3/c1-12-6-15(25-21-12)7-14-10-22(11-18(14)23)19(24)8-13-9-20-17-5-3-2-4-16(13)17/h2-6,9,14,18,20,23H,7-8,10-11H2,1H3/t14-,18+/m1/s1. The van der Waals surface area contributed by atoms with Crippen LogP contribution in [-0.4, -0.2) is 45.2 Å². The molecule has 4 rings (SSSR count). The number of nitrogens with zero attached hydrogens (tertiary/aromatic N) is 2. The lowest BCUT2D eigenvalue weighted by Crippen LogP contribution is -2.30. The van der Waals surface area contributed by atoms with Crippen LogP contribution in [0.15, 0.2) is 41.1 Å². The summed E-state index contributed by atoms with van der Waals surface area (Å²) in [5, 5.41) is 15.3. The van der Waals surface area contributed by atoms with Gasteiger partial charge >= 0.3 is 0 Å². The molecule has 6 heteroatoms. The van der Waals surface area contributed by atoms with Crippen LogP contribution in [0, 0.1) is 12.8 Å². The number of fused-ring (bicyclic) bond motifs is 1. The van der Waals surface area contributed by atoms with Gasteiger partial charge < -0.3 is 19.5 Å². The van der Waals surface area contributed by atoms with Gasteiger partial charge in [0.2, 0.25) is 5.91 Å². The number of hydrogen-bond donors (Lipinski definition) is 2. The Morgan fingerprint density at radius 3 is 3.04 bits per heavy atom. The Bertz CT molecular complexity index is 898. The predicted octanol–water partition coefficient (Wildman–Crippen LogP) is 2.07. The second-order valence-corrected chi connectivity index (χ2v) is 6.80. The summed E-state index contributed by atoms with van der Waals surface area (Å²) in [4.78, 5) is 17.6. The van der Waals surface area contributed by atoms with Gasteiger partial charge in [-0.1, -0.05) is 23.4 Å². The number of nitrogens with one attached hydrogen (secondary N) is 1. The van der Waals surface area contributed by atoms with Gasteiger partial charge in [0.05, 0.1) is 18.2 Å². The van der Waals surface area contributed by atoms with Crippen molar-refractivity contribution in [2.24, 2.45) is 5.92 Å². The summed E-state index contributed by atoms with van der Waals surface area (Å²) in [6.07, 6.45) is 2.30. The molecule has 6 nitrogen and oxygen atoms in total. The number of hydrogen-bond acceptors (Lipinski definition) is 4. The largest absolute Gasteiger partial charge is 0.391 e. The van der Waals surface area contributed by atoms with Crippen molar-refractivity contribution in [1.29, 1.82) is 0 Å². The molecule has 1 aliphatic heterocycles. The molecule has 0 radical (unpaired) electrons. The van der Waals surface area contributed by atoms with Gasteiger partial charge in [-0.25, -0.2) is 0 Å². The van der Waals surface area contributed by atoms with E-state index in [0.717, 1.165) is 27.9 Å². The monoisotopic (exact) mass is 339 g/mol. The number of aliphatic hydroxyl groups is 1. The molecule has 25 heavy (non-hydrogen) atoms. The first-order valence-corrected chi connectivity index (χ1v) is 8.53. The molecule has 1 aliphatic rings. The Hall–Kier alpha value is -2.60. The highest BCUT2D eigenvalue weighted by Crippen LogP contribution is 2.24. The predicted molar refractivity (Wildman–Crippen MR) is 93.0 cm³/mol. The summed E-state index contributed by atoms with van der Waals surface area (Å²) in [5.74, 6) is 0.784. The molecule has 0 saturated carbocycles. The molecule has 0 spiro atoms. The number of aliphatic hydroxyl groups excluding tert-OH is 1. The van der Waals surface area contributed by atoms with Crippen molar-refractivity contribution in [3.05, 3.63) is 53.5 Å². The van der Waals surface area contributed by atoms with E-state index in [9.17, 15) is 9.90 Å². The molecular weight excluding hydrogens is 318 g/mol. The minimum absolute atomic E-state index is 0.0146. The molecule has 1 amide bonds. The summed E-state index contributed by atoms with van der Waals surface area (Å²) in [5.41, 5.74) is 2.85. The van der Waals surface area contributed by atoms with Gasteiger partial charge in [0.25, 0.3) is 0 Å². The quantitative estimate of drug-likeness (QED) is 0.762. The van der Waals surface area contributed by atoms with Crippen molar-refractivity contribution in [1.82, 2.24) is 15.0 Å². The number of likely N-dealkylation sites (tertiary alicyclic amines) is 1. The molecule has 3 heterocycles. The van der Waals surface area contributed by atoms with Crippen molar-refractivity contribution in [3.63, 3.8) is 0 Å². The Balaban J connectivity index is 1.42. The second kappa shape index (κ2) is 6.37. The Morgan fingerprint density at radius 2 is 2.24 bits per heavy atom. The van der Waals surface area contributed by atoms with E-state index in [1.807, 2.05) is 43.5 Å². The number of amides is 1. The summed E-state index contributed by atoms with van der Waals surface area (Å²) in [6.45, 7) is 2.79. The van der Waals surface area contributed by atoms with E-state index in [1.54, 1.807) is 4.90 Å². The summed E-state index contributed by atoms with van der Waals surface area (Å²) < 4.78 is 5.24. The first-order valence-electron chi connectivity index (χ1n) is 8.53. The van der Waals surface area contributed by atoms with Crippen LogP contribution in [0.5, 0.6) is 0 Å². The maximum absolute atomic E-state index is 12.7. The summed E-state index contributed by atoms with van der Waals surface area (Å²) in [6, 6.07) is 9.83. The Labute approximate surface area is 145 Å². The van der Waals surface area contributed by atoms with Gasteiger partial charge in [0, 0.05) is 48.6 Å². The van der Waals surface area contributed by atoms with Crippen molar-refractivity contribution >= 4 is 16.8 Å². The third kappa shape index (κ3) is 3.17. The van der Waals surface area contributed by atoms with Crippen molar-refractivity contribution in [2.75, 3.05) is 13.1 Å². The fourth-order valence-electron chi connectivity index (χ4n) is 3.58. The number of aryl methyl sites for hydroxylation is 1. The molecule has 0 aliphatic carbocycles. The average molecular weight is 339 g/mol. The van der Waals surface area contributed by atoms with Crippen LogP contribution in [0.3, 0.4) is 0 Å². The highest BCUT2D eigenvalue weighted by molar-refractivity contribution is 5.89. The fourth-order valence-corrected chi connectivity index (χ4v) is 3.58. The van der Waals surface area contributed by atoms with Gasteiger partial charge in [-0.15, -0.1) is 0 Å². The second-order valence-electron chi connectivity index (χ2n) is 6.80. The van der Waals surface area contributed by atoms with E-state index < -0.39 is 6.10 Å². The molecule has 0 bridgehead atoms. The molecular formula is C19H21N3O3. The van der Waals surface area contributed by atoms with Crippen molar-refractivity contribution in [3.8, 4) is 0 Å². The lowest BCUT2D eigenvalue weighted by Gasteiger charge is -2.15. The Kier molecular flexibility index (Phi) is 4.05. The summed E-state index contributed by atoms with van der Waals surface area (Å²) in [7, 11) is 0. The van der Waals surface area contributed by atoms with Crippen LogP contribution in [0.25, 0.3) is 10.9 Å². The number of β-amino-alcohol motifs (C(OH)–C–C–N with tert-alkyl or cyclic N) is 1. The van der Waals surface area contributed by atoms with Crippen LogP contribution in [-0.2, 0) is 17.6 Å². The molecule has 3 aromatic rings. The van der Waals surface area contributed by atoms with Crippen LogP contribution >= 0.6 is 0 Å². The van der Waals surface area contributed by atoms with Crippen LogP contribution < -0.4 is 0 Å². The number of aromatic amines is 1. The van der Waals surface area contributed by atoms with Crippen molar-refractivity contribution in [2.45, 2.75) is 25.9 Å². The minimum atomic E-state index is -0.530. The van der Waals surface area contributed by atoms with Crippen molar-refractivity contribution < 1.29 is 14.4 Å². The van der Waals surface area contributed by atoms with Gasteiger partial charge in [-0.2, -0.15) is 0 Å². The molecule has 0 unspecified atom stereocenters. The minimum Gasteiger partial charge on any atom is -0.391 e. The lowest BCUT2D eigenvalue weighted by atomic mass is 10.0. The number of carbonyl (C=O) groups is 1. The van der Waals surface area contributed by atoms with Crippen LogP contribution in [0.2, 0.25) is 0 Å². The van der Waals surface area contributed by atoms with Crippen LogP contribution in [0.4, 0.5) is 0 Å². The third-order valence-corrected chi connectivity index (χ3v) is 4.92. The Morgan fingerprint density at radius 1 is 1.40 bits per heavy atom. The zero-order chi connectivity index (χ0) is 17.4. The first kappa shape index (κ1) is 15.9. The molecule has 1 aromatic carbocycles.